The summed E-state index contributed by atoms with van der Waals surface area (Å²) < 4.78 is 16.0. The van der Waals surface area contributed by atoms with Crippen LogP contribution in [0.4, 0.5) is 5.82 Å². The first-order valence-corrected chi connectivity index (χ1v) is 7.56. The van der Waals surface area contributed by atoms with E-state index in [1.807, 2.05) is 24.3 Å². The maximum atomic E-state index is 5.40. The average Bonchev–Trinajstić information content (AvgIpc) is 2.67. The molecule has 25 heavy (non-hydrogen) atoms. The summed E-state index contributed by atoms with van der Waals surface area (Å²) in [5.41, 5.74) is 3.61. The predicted molar refractivity (Wildman–Crippen MR) is 96.9 cm³/mol. The van der Waals surface area contributed by atoms with Gasteiger partial charge in [0.25, 0.3) is 0 Å². The lowest BCUT2D eigenvalue weighted by Gasteiger charge is -2.12. The molecule has 3 rings (SSSR count). The standard InChI is InChI=1S/C18H18N4O3/c1-23-13-8-16(24-2)15(17(9-13)25-3)11-20-22-18-14-7-5-4-6-12(14)10-19-21-18/h4-11H,1-3H3,(H,21,22)/b20-11+. The molecule has 3 aromatic rings. The van der Waals surface area contributed by atoms with Gasteiger partial charge >= 0.3 is 0 Å². The lowest BCUT2D eigenvalue weighted by Crippen LogP contribution is -2.00. The maximum Gasteiger partial charge on any atom is 0.176 e. The Labute approximate surface area is 145 Å². The fraction of sp³-hybridized carbons (Fsp3) is 0.167. The van der Waals surface area contributed by atoms with E-state index in [0.29, 0.717) is 28.6 Å². The molecule has 0 spiro atoms. The minimum absolute atomic E-state index is 0.570. The molecule has 0 amide bonds. The highest BCUT2D eigenvalue weighted by Gasteiger charge is 2.11. The third kappa shape index (κ3) is 3.45. The van der Waals surface area contributed by atoms with E-state index >= 15 is 0 Å². The minimum Gasteiger partial charge on any atom is -0.496 e. The molecule has 7 nitrogen and oxygen atoms in total. The van der Waals surface area contributed by atoms with Crippen LogP contribution in [0.25, 0.3) is 10.8 Å². The molecule has 128 valence electrons. The second-order valence-corrected chi connectivity index (χ2v) is 5.10. The van der Waals surface area contributed by atoms with Crippen LogP contribution >= 0.6 is 0 Å². The molecule has 0 atom stereocenters. The maximum absolute atomic E-state index is 5.40. The largest absolute Gasteiger partial charge is 0.496 e. The molecule has 0 unspecified atom stereocenters. The van der Waals surface area contributed by atoms with Gasteiger partial charge < -0.3 is 14.2 Å². The van der Waals surface area contributed by atoms with Crippen molar-refractivity contribution in [2.24, 2.45) is 5.10 Å². The van der Waals surface area contributed by atoms with Crippen LogP contribution in [0.1, 0.15) is 5.56 Å². The van der Waals surface area contributed by atoms with Crippen LogP contribution in [0.5, 0.6) is 17.2 Å². The summed E-state index contributed by atoms with van der Waals surface area (Å²) in [5.74, 6) is 2.39. The first-order valence-electron chi connectivity index (χ1n) is 7.56. The number of rotatable bonds is 6. The zero-order valence-corrected chi connectivity index (χ0v) is 14.2. The van der Waals surface area contributed by atoms with Gasteiger partial charge in [0.15, 0.2) is 5.82 Å². The number of benzene rings is 2. The van der Waals surface area contributed by atoms with Crippen LogP contribution in [-0.4, -0.2) is 37.7 Å². The molecule has 0 aliphatic heterocycles. The van der Waals surface area contributed by atoms with E-state index in [1.165, 1.54) is 0 Å². The summed E-state index contributed by atoms with van der Waals surface area (Å²) in [5, 5.41) is 14.2. The molecule has 0 aliphatic rings. The molecule has 1 aromatic heterocycles. The Kier molecular flexibility index (Phi) is 4.94. The molecule has 0 aliphatic carbocycles. The zero-order valence-electron chi connectivity index (χ0n) is 14.2. The van der Waals surface area contributed by atoms with E-state index in [2.05, 4.69) is 20.7 Å². The highest BCUT2D eigenvalue weighted by Crippen LogP contribution is 2.32. The smallest absolute Gasteiger partial charge is 0.176 e. The Morgan fingerprint density at radius 2 is 1.72 bits per heavy atom. The normalized spacial score (nSPS) is 10.8. The number of nitrogens with zero attached hydrogens (tertiary/aromatic N) is 3. The van der Waals surface area contributed by atoms with Gasteiger partial charge in [-0.25, -0.2) is 0 Å². The van der Waals surface area contributed by atoms with E-state index in [0.717, 1.165) is 10.8 Å². The summed E-state index contributed by atoms with van der Waals surface area (Å²) in [6.07, 6.45) is 3.32. The first-order chi connectivity index (χ1) is 12.3. The van der Waals surface area contributed by atoms with Crippen LogP contribution in [0, 0.1) is 0 Å². The van der Waals surface area contributed by atoms with Crippen molar-refractivity contribution in [1.29, 1.82) is 0 Å². The summed E-state index contributed by atoms with van der Waals surface area (Å²) in [6.45, 7) is 0. The summed E-state index contributed by atoms with van der Waals surface area (Å²) in [6, 6.07) is 11.3. The zero-order chi connectivity index (χ0) is 17.6. The van der Waals surface area contributed by atoms with Crippen molar-refractivity contribution >= 4 is 22.8 Å². The van der Waals surface area contributed by atoms with Gasteiger partial charge in [0.05, 0.1) is 39.3 Å². The van der Waals surface area contributed by atoms with Crippen molar-refractivity contribution in [2.75, 3.05) is 26.8 Å². The number of hydrazone groups is 1. The highest BCUT2D eigenvalue weighted by atomic mass is 16.5. The van der Waals surface area contributed by atoms with Crippen molar-refractivity contribution in [3.8, 4) is 17.2 Å². The van der Waals surface area contributed by atoms with Crippen LogP contribution in [0.3, 0.4) is 0 Å². The SMILES string of the molecule is COc1cc(OC)c(/C=N/Nc2nncc3ccccc23)c(OC)c1. The monoisotopic (exact) mass is 338 g/mol. The van der Waals surface area contributed by atoms with Crippen molar-refractivity contribution < 1.29 is 14.2 Å². The molecule has 1 N–H and O–H groups in total. The molecule has 0 saturated heterocycles. The van der Waals surface area contributed by atoms with Crippen LogP contribution < -0.4 is 19.6 Å². The van der Waals surface area contributed by atoms with E-state index in [4.69, 9.17) is 14.2 Å². The molecule has 0 fully saturated rings. The van der Waals surface area contributed by atoms with E-state index in [-0.39, 0.29) is 0 Å². The lowest BCUT2D eigenvalue weighted by atomic mass is 10.2. The number of ether oxygens (including phenoxy) is 3. The van der Waals surface area contributed by atoms with E-state index in [1.54, 1.807) is 45.9 Å². The van der Waals surface area contributed by atoms with E-state index < -0.39 is 0 Å². The van der Waals surface area contributed by atoms with Crippen molar-refractivity contribution in [1.82, 2.24) is 10.2 Å². The Balaban J connectivity index is 1.91. The summed E-state index contributed by atoms with van der Waals surface area (Å²) in [4.78, 5) is 0. The Morgan fingerprint density at radius 3 is 2.40 bits per heavy atom. The number of aromatic nitrogens is 2. The first kappa shape index (κ1) is 16.5. The lowest BCUT2D eigenvalue weighted by molar-refractivity contribution is 0.374. The third-order valence-corrected chi connectivity index (χ3v) is 3.69. The minimum atomic E-state index is 0.570. The average molecular weight is 338 g/mol. The molecule has 2 aromatic carbocycles. The second kappa shape index (κ2) is 7.48. The van der Waals surface area contributed by atoms with Crippen LogP contribution in [0.15, 0.2) is 47.7 Å². The fourth-order valence-electron chi connectivity index (χ4n) is 2.43. The van der Waals surface area contributed by atoms with Gasteiger partial charge in [-0.15, -0.1) is 5.10 Å². The van der Waals surface area contributed by atoms with Crippen LogP contribution in [-0.2, 0) is 0 Å². The molecule has 1 heterocycles. The molecular formula is C18H18N4O3. The number of anilines is 1. The number of fused-ring (bicyclic) bond motifs is 1. The number of hydrogen-bond donors (Lipinski definition) is 1. The summed E-state index contributed by atoms with van der Waals surface area (Å²) >= 11 is 0. The van der Waals surface area contributed by atoms with Crippen molar-refractivity contribution in [2.45, 2.75) is 0 Å². The Morgan fingerprint density at radius 1 is 1.00 bits per heavy atom. The van der Waals surface area contributed by atoms with Gasteiger partial charge in [-0.1, -0.05) is 24.3 Å². The number of hydrogen-bond acceptors (Lipinski definition) is 7. The molecular weight excluding hydrogens is 320 g/mol. The quantitative estimate of drug-likeness (QED) is 0.550. The van der Waals surface area contributed by atoms with Crippen molar-refractivity contribution in [3.63, 3.8) is 0 Å². The molecule has 0 saturated carbocycles. The molecule has 0 bridgehead atoms. The van der Waals surface area contributed by atoms with Gasteiger partial charge in [-0.05, 0) is 0 Å². The summed E-state index contributed by atoms with van der Waals surface area (Å²) in [7, 11) is 4.74. The van der Waals surface area contributed by atoms with Gasteiger partial charge in [-0.2, -0.15) is 10.2 Å². The number of nitrogens with one attached hydrogen (secondary N) is 1. The van der Waals surface area contributed by atoms with E-state index in [9.17, 15) is 0 Å². The fourth-order valence-corrected chi connectivity index (χ4v) is 2.43. The Bertz CT molecular complexity index is 881. The second-order valence-electron chi connectivity index (χ2n) is 5.10. The van der Waals surface area contributed by atoms with Crippen molar-refractivity contribution in [3.05, 3.63) is 48.2 Å². The van der Waals surface area contributed by atoms with Gasteiger partial charge in [-0.3, -0.25) is 5.43 Å². The third-order valence-electron chi connectivity index (χ3n) is 3.69. The van der Waals surface area contributed by atoms with Gasteiger partial charge in [0.1, 0.15) is 17.2 Å². The number of methoxy groups -OCH3 is 3. The Hall–Kier alpha value is -3.35. The topological polar surface area (TPSA) is 77.9 Å². The van der Waals surface area contributed by atoms with Gasteiger partial charge in [0.2, 0.25) is 0 Å². The molecule has 0 radical (unpaired) electrons. The van der Waals surface area contributed by atoms with Gasteiger partial charge in [0, 0.05) is 22.9 Å². The molecule has 7 heteroatoms. The highest BCUT2D eigenvalue weighted by molar-refractivity contribution is 5.92. The predicted octanol–water partition coefficient (Wildman–Crippen LogP) is 3.10. The van der Waals surface area contributed by atoms with Crippen LogP contribution in [0.2, 0.25) is 0 Å².